The van der Waals surface area contributed by atoms with E-state index in [4.69, 9.17) is 4.42 Å². The van der Waals surface area contributed by atoms with Crippen LogP contribution in [0, 0.1) is 0 Å². The number of aromatic nitrogens is 2. The number of nitrogens with one attached hydrogen (secondary N) is 1. The highest BCUT2D eigenvalue weighted by Crippen LogP contribution is 2.26. The fourth-order valence-electron chi connectivity index (χ4n) is 4.46. The van der Waals surface area contributed by atoms with Crippen LogP contribution in [0.15, 0.2) is 68.6 Å². The Morgan fingerprint density at radius 3 is 2.45 bits per heavy atom. The van der Waals surface area contributed by atoms with Gasteiger partial charge in [-0.3, -0.25) is 14.2 Å². The van der Waals surface area contributed by atoms with Crippen LogP contribution in [-0.4, -0.2) is 21.1 Å². The average Bonchev–Trinajstić information content (AvgIpc) is 3.18. The highest BCUT2D eigenvalue weighted by atomic mass is 16.3. The van der Waals surface area contributed by atoms with Gasteiger partial charge in [0.25, 0.3) is 0 Å². The molecule has 0 saturated heterocycles. The first kappa shape index (κ1) is 19.4. The fraction of sp³-hybridized carbons (Fsp3) is 0.292. The van der Waals surface area contributed by atoms with E-state index in [1.165, 1.54) is 11.0 Å². The van der Waals surface area contributed by atoms with Crippen molar-refractivity contribution < 1.29 is 9.21 Å². The smallest absolute Gasteiger partial charge is 0.336 e. The van der Waals surface area contributed by atoms with Gasteiger partial charge < -0.3 is 9.73 Å². The summed E-state index contributed by atoms with van der Waals surface area (Å²) in [5.41, 5.74) is 0.259. The molecule has 1 fully saturated rings. The van der Waals surface area contributed by atoms with Crippen LogP contribution in [-0.2, 0) is 11.3 Å². The van der Waals surface area contributed by atoms with Crippen molar-refractivity contribution in [2.45, 2.75) is 44.7 Å². The fourth-order valence-corrected chi connectivity index (χ4v) is 4.46. The van der Waals surface area contributed by atoms with E-state index in [1.807, 2.05) is 12.1 Å². The molecule has 0 spiro atoms. The van der Waals surface area contributed by atoms with Crippen molar-refractivity contribution in [3.63, 3.8) is 0 Å². The van der Waals surface area contributed by atoms with Crippen LogP contribution < -0.4 is 16.6 Å². The van der Waals surface area contributed by atoms with E-state index in [1.54, 1.807) is 42.5 Å². The van der Waals surface area contributed by atoms with Crippen molar-refractivity contribution in [3.05, 3.63) is 75.4 Å². The molecule has 0 unspecified atom stereocenters. The van der Waals surface area contributed by atoms with Gasteiger partial charge in [0.2, 0.25) is 11.5 Å². The second kappa shape index (κ2) is 7.91. The molecule has 1 aliphatic carbocycles. The van der Waals surface area contributed by atoms with Crippen LogP contribution in [0.2, 0.25) is 0 Å². The maximum absolute atomic E-state index is 13.5. The summed E-state index contributed by atoms with van der Waals surface area (Å²) in [4.78, 5) is 39.6. The van der Waals surface area contributed by atoms with Crippen LogP contribution in [0.1, 0.15) is 32.1 Å². The van der Waals surface area contributed by atoms with E-state index in [-0.39, 0.29) is 24.1 Å². The number of fused-ring (bicyclic) bond motifs is 3. The number of para-hydroxylation sites is 2. The summed E-state index contributed by atoms with van der Waals surface area (Å²) in [6.45, 7) is -0.178. The third-order valence-corrected chi connectivity index (χ3v) is 5.95. The van der Waals surface area contributed by atoms with Gasteiger partial charge in [-0.2, -0.15) is 0 Å². The lowest BCUT2D eigenvalue weighted by Crippen LogP contribution is -2.43. The zero-order valence-corrected chi connectivity index (χ0v) is 17.0. The number of furan rings is 1. The van der Waals surface area contributed by atoms with Crippen LogP contribution in [0.25, 0.3) is 27.8 Å². The predicted molar refractivity (Wildman–Crippen MR) is 119 cm³/mol. The summed E-state index contributed by atoms with van der Waals surface area (Å²) in [6.07, 6.45) is 5.29. The Labute approximate surface area is 177 Å². The standard InChI is InChI=1S/C24H23N3O4/c28-20(25-16-9-3-1-4-10-16)15-26-21-18-13-7-8-14-19(18)31-22(21)23(29)27(24(26)30)17-11-5-2-6-12-17/h2,5-8,11-14,16H,1,3-4,9-10,15H2,(H,25,28). The molecule has 31 heavy (non-hydrogen) atoms. The van der Waals surface area contributed by atoms with Gasteiger partial charge in [-0.1, -0.05) is 49.6 Å². The molecular formula is C24H23N3O4. The molecule has 0 bridgehead atoms. The van der Waals surface area contributed by atoms with Crippen molar-refractivity contribution in [3.8, 4) is 5.69 Å². The summed E-state index contributed by atoms with van der Waals surface area (Å²) in [6, 6.07) is 16.0. The maximum atomic E-state index is 13.5. The van der Waals surface area contributed by atoms with Gasteiger partial charge in [0, 0.05) is 11.4 Å². The molecule has 5 rings (SSSR count). The Hall–Kier alpha value is -3.61. The number of carbonyl (C=O) groups is 1. The molecule has 7 nitrogen and oxygen atoms in total. The summed E-state index contributed by atoms with van der Waals surface area (Å²) in [7, 11) is 0. The third-order valence-electron chi connectivity index (χ3n) is 5.95. The molecule has 1 aliphatic rings. The molecule has 1 N–H and O–H groups in total. The number of amides is 1. The molecule has 2 aromatic carbocycles. The average molecular weight is 417 g/mol. The number of carbonyl (C=O) groups excluding carboxylic acids is 1. The predicted octanol–water partition coefficient (Wildman–Crippen LogP) is 3.35. The highest BCUT2D eigenvalue weighted by Gasteiger charge is 2.23. The Balaban J connectivity index is 1.69. The SMILES string of the molecule is O=C(Cn1c(=O)n(-c2ccccc2)c(=O)c2oc3ccccc3c21)NC1CCCCC1. The molecule has 4 aromatic rings. The second-order valence-electron chi connectivity index (χ2n) is 8.02. The normalized spacial score (nSPS) is 14.8. The number of rotatable bonds is 4. The Morgan fingerprint density at radius 2 is 1.68 bits per heavy atom. The lowest BCUT2D eigenvalue weighted by molar-refractivity contribution is -0.122. The number of hydrogen-bond acceptors (Lipinski definition) is 4. The first-order valence-electron chi connectivity index (χ1n) is 10.7. The van der Waals surface area contributed by atoms with Crippen molar-refractivity contribution in [2.24, 2.45) is 0 Å². The number of nitrogens with zero attached hydrogens (tertiary/aromatic N) is 2. The molecule has 2 heterocycles. The van der Waals surface area contributed by atoms with Gasteiger partial charge in [-0.25, -0.2) is 9.36 Å². The van der Waals surface area contributed by atoms with Crippen molar-refractivity contribution in [1.82, 2.24) is 14.5 Å². The second-order valence-corrected chi connectivity index (χ2v) is 8.02. The number of hydrogen-bond donors (Lipinski definition) is 1. The minimum atomic E-state index is -0.561. The van der Waals surface area contributed by atoms with E-state index >= 15 is 0 Å². The monoisotopic (exact) mass is 417 g/mol. The lowest BCUT2D eigenvalue weighted by atomic mass is 9.95. The third kappa shape index (κ3) is 3.46. The van der Waals surface area contributed by atoms with Crippen LogP contribution in [0.4, 0.5) is 0 Å². The molecule has 158 valence electrons. The van der Waals surface area contributed by atoms with Gasteiger partial charge >= 0.3 is 11.2 Å². The minimum Gasteiger partial charge on any atom is -0.449 e. The molecule has 1 saturated carbocycles. The van der Waals surface area contributed by atoms with Gasteiger partial charge in [-0.05, 0) is 37.1 Å². The maximum Gasteiger partial charge on any atom is 0.336 e. The molecule has 0 radical (unpaired) electrons. The molecule has 0 aliphatic heterocycles. The minimum absolute atomic E-state index is 0.0649. The molecular weight excluding hydrogens is 394 g/mol. The van der Waals surface area contributed by atoms with Crippen LogP contribution in [0.3, 0.4) is 0 Å². The van der Waals surface area contributed by atoms with Gasteiger partial charge in [0.1, 0.15) is 17.6 Å². The Bertz CT molecular complexity index is 1380. The lowest BCUT2D eigenvalue weighted by Gasteiger charge is -2.23. The van der Waals surface area contributed by atoms with E-state index in [0.717, 1.165) is 30.3 Å². The van der Waals surface area contributed by atoms with E-state index in [2.05, 4.69) is 5.32 Å². The topological polar surface area (TPSA) is 86.2 Å². The Morgan fingerprint density at radius 1 is 0.968 bits per heavy atom. The largest absolute Gasteiger partial charge is 0.449 e. The molecule has 7 heteroatoms. The quantitative estimate of drug-likeness (QED) is 0.552. The zero-order chi connectivity index (χ0) is 21.4. The highest BCUT2D eigenvalue weighted by molar-refractivity contribution is 6.02. The first-order valence-corrected chi connectivity index (χ1v) is 10.7. The summed E-state index contributed by atoms with van der Waals surface area (Å²) in [5, 5.41) is 3.69. The van der Waals surface area contributed by atoms with Crippen molar-refractivity contribution >= 4 is 28.0 Å². The van der Waals surface area contributed by atoms with Crippen molar-refractivity contribution in [2.75, 3.05) is 0 Å². The van der Waals surface area contributed by atoms with Crippen molar-refractivity contribution in [1.29, 1.82) is 0 Å². The van der Waals surface area contributed by atoms with E-state index in [9.17, 15) is 14.4 Å². The first-order chi connectivity index (χ1) is 15.1. The van der Waals surface area contributed by atoms with Gasteiger partial charge in [0.05, 0.1) is 5.69 Å². The molecule has 1 amide bonds. The molecule has 0 atom stereocenters. The van der Waals surface area contributed by atoms with E-state index in [0.29, 0.717) is 22.2 Å². The van der Waals surface area contributed by atoms with Crippen LogP contribution >= 0.6 is 0 Å². The summed E-state index contributed by atoms with van der Waals surface area (Å²) in [5.74, 6) is -0.237. The zero-order valence-electron chi connectivity index (χ0n) is 17.0. The summed E-state index contributed by atoms with van der Waals surface area (Å²) < 4.78 is 8.27. The summed E-state index contributed by atoms with van der Waals surface area (Å²) >= 11 is 0. The number of benzene rings is 2. The molecule has 2 aromatic heterocycles. The van der Waals surface area contributed by atoms with Gasteiger partial charge in [0.15, 0.2) is 0 Å². The van der Waals surface area contributed by atoms with Crippen LogP contribution in [0.5, 0.6) is 0 Å². The van der Waals surface area contributed by atoms with E-state index < -0.39 is 11.2 Å². The Kier molecular flexibility index (Phi) is 4.94. The van der Waals surface area contributed by atoms with Gasteiger partial charge in [-0.15, -0.1) is 0 Å².